The van der Waals surface area contributed by atoms with E-state index in [1.807, 2.05) is 26.4 Å². The number of hydrogen-bond acceptors (Lipinski definition) is 3. The zero-order valence-electron chi connectivity index (χ0n) is 14.3. The van der Waals surface area contributed by atoms with E-state index in [2.05, 4.69) is 23.0 Å². The predicted octanol–water partition coefficient (Wildman–Crippen LogP) is 2.84. The highest BCUT2D eigenvalue weighted by Crippen LogP contribution is 2.36. The van der Waals surface area contributed by atoms with Gasteiger partial charge in [-0.05, 0) is 43.6 Å². The van der Waals surface area contributed by atoms with Gasteiger partial charge in [-0.1, -0.05) is 17.7 Å². The van der Waals surface area contributed by atoms with Crippen LogP contribution in [0.3, 0.4) is 0 Å². The summed E-state index contributed by atoms with van der Waals surface area (Å²) in [6.45, 7) is 1.74. The van der Waals surface area contributed by atoms with Crippen LogP contribution in [0.15, 0.2) is 36.8 Å². The minimum atomic E-state index is 0.00360. The Bertz CT molecular complexity index is 715. The molecule has 1 aliphatic heterocycles. The van der Waals surface area contributed by atoms with Gasteiger partial charge in [-0.2, -0.15) is 0 Å². The third-order valence-electron chi connectivity index (χ3n) is 4.85. The number of aryl methyl sites for hydroxylation is 1. The number of nitrogens with zero attached hydrogens (tertiary/aromatic N) is 4. The molecule has 1 fully saturated rings. The van der Waals surface area contributed by atoms with Gasteiger partial charge in [-0.25, -0.2) is 0 Å². The maximum Gasteiger partial charge on any atom is 0.270 e. The van der Waals surface area contributed by atoms with Crippen LogP contribution in [0.5, 0.6) is 0 Å². The molecule has 3 heterocycles. The van der Waals surface area contributed by atoms with E-state index in [1.54, 1.807) is 27.9 Å². The number of carbonyl (C=O) groups is 1. The Kier molecular flexibility index (Phi) is 4.92. The van der Waals surface area contributed by atoms with Gasteiger partial charge >= 0.3 is 0 Å². The minimum absolute atomic E-state index is 0.00360. The van der Waals surface area contributed by atoms with Crippen molar-refractivity contribution in [1.29, 1.82) is 0 Å². The lowest BCUT2D eigenvalue weighted by Crippen LogP contribution is -2.35. The van der Waals surface area contributed by atoms with E-state index in [-0.39, 0.29) is 5.91 Å². The van der Waals surface area contributed by atoms with Crippen LogP contribution in [0.1, 0.15) is 28.5 Å². The number of carbonyl (C=O) groups excluding carboxylic acids is 1. The molecule has 24 heavy (non-hydrogen) atoms. The lowest BCUT2D eigenvalue weighted by molar-refractivity contribution is 0.0751. The highest BCUT2D eigenvalue weighted by molar-refractivity contribution is 6.31. The molecule has 3 rings (SSSR count). The highest BCUT2D eigenvalue weighted by Gasteiger charge is 2.34. The molecule has 0 N–H and O–H groups in total. The highest BCUT2D eigenvalue weighted by atomic mass is 35.5. The smallest absolute Gasteiger partial charge is 0.270 e. The molecule has 128 valence electrons. The summed E-state index contributed by atoms with van der Waals surface area (Å²) in [4.78, 5) is 21.1. The van der Waals surface area contributed by atoms with Gasteiger partial charge in [-0.15, -0.1) is 0 Å². The molecule has 0 radical (unpaired) electrons. The summed E-state index contributed by atoms with van der Waals surface area (Å²) >= 11 is 6.00. The van der Waals surface area contributed by atoms with Crippen LogP contribution in [0, 0.1) is 5.92 Å². The molecular formula is C18H23ClN4O. The lowest BCUT2D eigenvalue weighted by atomic mass is 9.94. The molecule has 1 amide bonds. The third kappa shape index (κ3) is 3.32. The van der Waals surface area contributed by atoms with Gasteiger partial charge in [0.1, 0.15) is 5.69 Å². The number of pyridine rings is 1. The summed E-state index contributed by atoms with van der Waals surface area (Å²) in [5.41, 5.74) is 1.83. The number of halogens is 1. The van der Waals surface area contributed by atoms with Crippen molar-refractivity contribution in [2.45, 2.75) is 12.5 Å². The molecule has 2 atom stereocenters. The van der Waals surface area contributed by atoms with Crippen molar-refractivity contribution in [2.75, 3.05) is 27.2 Å². The number of rotatable bonds is 4. The molecule has 1 saturated heterocycles. The Morgan fingerprint density at radius 2 is 2.25 bits per heavy atom. The molecule has 1 aliphatic rings. The quantitative estimate of drug-likeness (QED) is 0.854. The fourth-order valence-corrected chi connectivity index (χ4v) is 3.91. The van der Waals surface area contributed by atoms with Crippen LogP contribution in [0.4, 0.5) is 0 Å². The molecule has 0 saturated carbocycles. The standard InChI is InChI=1S/C18H23ClN4O/c1-21-8-6-14(17(21)13-5-4-7-20-10-13)11-23(3)18(24)16-9-15(19)12-22(16)2/h4-5,7,9-10,12,14,17H,6,8,11H2,1-3H3/t14-,17-/m0/s1. The van der Waals surface area contributed by atoms with Crippen LogP contribution < -0.4 is 0 Å². The van der Waals surface area contributed by atoms with Crippen molar-refractivity contribution in [3.8, 4) is 0 Å². The van der Waals surface area contributed by atoms with Gasteiger partial charge in [0, 0.05) is 45.3 Å². The van der Waals surface area contributed by atoms with Crippen LogP contribution in [0.25, 0.3) is 0 Å². The molecule has 0 aromatic carbocycles. The van der Waals surface area contributed by atoms with E-state index in [1.165, 1.54) is 5.56 Å². The first kappa shape index (κ1) is 17.0. The van der Waals surface area contributed by atoms with E-state index in [0.717, 1.165) is 13.0 Å². The molecule has 5 nitrogen and oxygen atoms in total. The summed E-state index contributed by atoms with van der Waals surface area (Å²) in [7, 11) is 5.84. The van der Waals surface area contributed by atoms with Crippen molar-refractivity contribution in [3.05, 3.63) is 53.1 Å². The molecule has 6 heteroatoms. The number of aromatic nitrogens is 2. The molecule has 0 unspecified atom stereocenters. The fourth-order valence-electron chi connectivity index (χ4n) is 3.66. The van der Waals surface area contributed by atoms with Crippen molar-refractivity contribution >= 4 is 17.5 Å². The Hall–Kier alpha value is -1.85. The second kappa shape index (κ2) is 6.95. The van der Waals surface area contributed by atoms with Crippen molar-refractivity contribution in [3.63, 3.8) is 0 Å². The average molecular weight is 347 g/mol. The van der Waals surface area contributed by atoms with Gasteiger partial charge in [0.25, 0.3) is 5.91 Å². The van der Waals surface area contributed by atoms with Gasteiger partial charge in [-0.3, -0.25) is 14.7 Å². The van der Waals surface area contributed by atoms with Crippen molar-refractivity contribution in [1.82, 2.24) is 19.4 Å². The monoisotopic (exact) mass is 346 g/mol. The molecule has 0 aliphatic carbocycles. The van der Waals surface area contributed by atoms with E-state index in [9.17, 15) is 4.79 Å². The van der Waals surface area contributed by atoms with Crippen molar-refractivity contribution < 1.29 is 4.79 Å². The van der Waals surface area contributed by atoms with E-state index >= 15 is 0 Å². The zero-order chi connectivity index (χ0) is 17.3. The maximum atomic E-state index is 12.7. The summed E-state index contributed by atoms with van der Waals surface area (Å²) < 4.78 is 1.78. The second-order valence-electron chi connectivity index (χ2n) is 6.60. The predicted molar refractivity (Wildman–Crippen MR) is 95.1 cm³/mol. The average Bonchev–Trinajstić information content (AvgIpc) is 3.09. The third-order valence-corrected chi connectivity index (χ3v) is 5.05. The Balaban J connectivity index is 1.74. The van der Waals surface area contributed by atoms with E-state index < -0.39 is 0 Å². The largest absolute Gasteiger partial charge is 0.345 e. The van der Waals surface area contributed by atoms with Gasteiger partial charge in [0.2, 0.25) is 0 Å². The Morgan fingerprint density at radius 1 is 1.46 bits per heavy atom. The number of amides is 1. The molecule has 0 spiro atoms. The normalized spacial score (nSPS) is 21.2. The molecule has 0 bridgehead atoms. The first-order valence-corrected chi connectivity index (χ1v) is 8.52. The van der Waals surface area contributed by atoms with E-state index in [4.69, 9.17) is 11.6 Å². The van der Waals surface area contributed by atoms with Crippen LogP contribution in [0.2, 0.25) is 5.02 Å². The Morgan fingerprint density at radius 3 is 2.88 bits per heavy atom. The van der Waals surface area contributed by atoms with Gasteiger partial charge < -0.3 is 9.47 Å². The van der Waals surface area contributed by atoms with E-state index in [0.29, 0.717) is 29.2 Å². The second-order valence-corrected chi connectivity index (χ2v) is 7.04. The summed E-state index contributed by atoms with van der Waals surface area (Å²) in [5, 5.41) is 0.586. The SMILES string of the molecule is CN(C[C@@H]1CCN(C)[C@H]1c1cccnc1)C(=O)c1cc(Cl)cn1C. The molecule has 2 aromatic rings. The van der Waals surface area contributed by atoms with Gasteiger partial charge in [0.05, 0.1) is 5.02 Å². The minimum Gasteiger partial charge on any atom is -0.345 e. The first-order valence-electron chi connectivity index (χ1n) is 8.15. The van der Waals surface area contributed by atoms with Crippen LogP contribution >= 0.6 is 11.6 Å². The summed E-state index contributed by atoms with van der Waals surface area (Å²) in [5.74, 6) is 0.396. The zero-order valence-corrected chi connectivity index (χ0v) is 15.1. The molecule has 2 aromatic heterocycles. The van der Waals surface area contributed by atoms with Crippen molar-refractivity contribution in [2.24, 2.45) is 13.0 Å². The number of hydrogen-bond donors (Lipinski definition) is 0. The fraction of sp³-hybridized carbons (Fsp3) is 0.444. The first-order chi connectivity index (χ1) is 11.5. The number of likely N-dealkylation sites (tertiary alicyclic amines) is 1. The topological polar surface area (TPSA) is 41.4 Å². The van der Waals surface area contributed by atoms with Crippen LogP contribution in [-0.2, 0) is 7.05 Å². The van der Waals surface area contributed by atoms with Crippen LogP contribution in [-0.4, -0.2) is 52.4 Å². The summed E-state index contributed by atoms with van der Waals surface area (Å²) in [6, 6.07) is 6.11. The summed E-state index contributed by atoms with van der Waals surface area (Å²) in [6.07, 6.45) is 6.55. The lowest BCUT2D eigenvalue weighted by Gasteiger charge is -2.28. The molecular weight excluding hydrogens is 324 g/mol. The van der Waals surface area contributed by atoms with Gasteiger partial charge in [0.15, 0.2) is 0 Å². The Labute approximate surface area is 147 Å². The maximum absolute atomic E-state index is 12.7.